The standard InChI is InChI=1S/C11H10Cl3N3/c1-2-3-10-15-16-11(14)17(10)9-6-7(12)4-5-8(9)13/h4-6H,2-3H2,1H3. The molecule has 0 spiro atoms. The van der Waals surface area contributed by atoms with E-state index in [1.165, 1.54) is 0 Å². The quantitative estimate of drug-likeness (QED) is 0.849. The lowest BCUT2D eigenvalue weighted by Gasteiger charge is -2.09. The second kappa shape index (κ2) is 5.25. The van der Waals surface area contributed by atoms with Gasteiger partial charge in [-0.05, 0) is 36.2 Å². The summed E-state index contributed by atoms with van der Waals surface area (Å²) in [6.45, 7) is 2.06. The third kappa shape index (κ3) is 2.57. The van der Waals surface area contributed by atoms with E-state index in [1.54, 1.807) is 22.8 Å². The van der Waals surface area contributed by atoms with E-state index in [-0.39, 0.29) is 5.28 Å². The van der Waals surface area contributed by atoms with Crippen LogP contribution in [0.15, 0.2) is 18.2 Å². The second-order valence-corrected chi connectivity index (χ2v) is 4.75. The smallest absolute Gasteiger partial charge is 0.229 e. The Labute approximate surface area is 114 Å². The first-order valence-corrected chi connectivity index (χ1v) is 6.32. The third-order valence-electron chi connectivity index (χ3n) is 2.31. The molecule has 2 rings (SSSR count). The number of rotatable bonds is 3. The van der Waals surface area contributed by atoms with Crippen LogP contribution < -0.4 is 0 Å². The number of hydrogen-bond donors (Lipinski definition) is 0. The molecule has 0 aliphatic heterocycles. The van der Waals surface area contributed by atoms with E-state index in [2.05, 4.69) is 17.1 Å². The number of halogens is 3. The van der Waals surface area contributed by atoms with Crippen LogP contribution >= 0.6 is 34.8 Å². The highest BCUT2D eigenvalue weighted by Gasteiger charge is 2.14. The molecule has 2 aromatic rings. The summed E-state index contributed by atoms with van der Waals surface area (Å²) in [6.07, 6.45) is 1.73. The second-order valence-electron chi connectivity index (χ2n) is 3.57. The number of nitrogens with zero attached hydrogens (tertiary/aromatic N) is 3. The molecule has 0 saturated heterocycles. The van der Waals surface area contributed by atoms with Gasteiger partial charge in [0.05, 0.1) is 10.7 Å². The lowest BCUT2D eigenvalue weighted by Crippen LogP contribution is -2.02. The summed E-state index contributed by atoms with van der Waals surface area (Å²) in [4.78, 5) is 0. The highest BCUT2D eigenvalue weighted by Crippen LogP contribution is 2.27. The van der Waals surface area contributed by atoms with Gasteiger partial charge in [-0.3, -0.25) is 4.57 Å². The van der Waals surface area contributed by atoms with Crippen LogP contribution in [0.3, 0.4) is 0 Å². The Morgan fingerprint density at radius 2 is 1.94 bits per heavy atom. The first-order chi connectivity index (χ1) is 8.13. The van der Waals surface area contributed by atoms with Crippen LogP contribution in [0, 0.1) is 0 Å². The van der Waals surface area contributed by atoms with Gasteiger partial charge < -0.3 is 0 Å². The fourth-order valence-corrected chi connectivity index (χ4v) is 2.17. The molecule has 90 valence electrons. The Morgan fingerprint density at radius 3 is 2.65 bits per heavy atom. The first-order valence-electron chi connectivity index (χ1n) is 5.18. The lowest BCUT2D eigenvalue weighted by atomic mass is 10.3. The Bertz CT molecular complexity index is 537. The molecule has 1 aromatic heterocycles. The summed E-state index contributed by atoms with van der Waals surface area (Å²) in [5.74, 6) is 0.779. The summed E-state index contributed by atoms with van der Waals surface area (Å²) in [6, 6.07) is 5.20. The zero-order valence-corrected chi connectivity index (χ0v) is 11.4. The van der Waals surface area contributed by atoms with Crippen molar-refractivity contribution >= 4 is 34.8 Å². The van der Waals surface area contributed by atoms with Gasteiger partial charge in [0.25, 0.3) is 0 Å². The van der Waals surface area contributed by atoms with Gasteiger partial charge in [0, 0.05) is 11.4 Å². The summed E-state index contributed by atoms with van der Waals surface area (Å²) < 4.78 is 1.72. The molecule has 0 radical (unpaired) electrons. The summed E-state index contributed by atoms with van der Waals surface area (Å²) >= 11 is 18.1. The number of hydrogen-bond acceptors (Lipinski definition) is 2. The van der Waals surface area contributed by atoms with Gasteiger partial charge in [-0.25, -0.2) is 0 Å². The maximum absolute atomic E-state index is 6.14. The summed E-state index contributed by atoms with van der Waals surface area (Å²) in [5.41, 5.74) is 0.706. The van der Waals surface area contributed by atoms with Crippen LogP contribution in [0.25, 0.3) is 5.69 Å². The van der Waals surface area contributed by atoms with E-state index in [0.29, 0.717) is 15.7 Å². The minimum Gasteiger partial charge on any atom is -0.268 e. The van der Waals surface area contributed by atoms with Crippen molar-refractivity contribution in [3.05, 3.63) is 39.4 Å². The molecule has 0 aliphatic carbocycles. The first kappa shape index (κ1) is 12.7. The van der Waals surface area contributed by atoms with E-state index in [0.717, 1.165) is 18.7 Å². The van der Waals surface area contributed by atoms with E-state index in [9.17, 15) is 0 Å². The van der Waals surface area contributed by atoms with E-state index in [4.69, 9.17) is 34.8 Å². The zero-order valence-electron chi connectivity index (χ0n) is 9.12. The van der Waals surface area contributed by atoms with Gasteiger partial charge >= 0.3 is 0 Å². The minimum absolute atomic E-state index is 0.289. The molecule has 0 saturated carbocycles. The Kier molecular flexibility index (Phi) is 3.92. The van der Waals surface area contributed by atoms with E-state index in [1.807, 2.05) is 0 Å². The maximum Gasteiger partial charge on any atom is 0.229 e. The lowest BCUT2D eigenvalue weighted by molar-refractivity contribution is 0.803. The molecular weight excluding hydrogens is 281 g/mol. The Balaban J connectivity index is 2.58. The third-order valence-corrected chi connectivity index (χ3v) is 3.11. The van der Waals surface area contributed by atoms with Gasteiger partial charge in [0.15, 0.2) is 0 Å². The van der Waals surface area contributed by atoms with Crippen molar-refractivity contribution in [2.45, 2.75) is 19.8 Å². The molecule has 0 fully saturated rings. The van der Waals surface area contributed by atoms with Crippen LogP contribution in [0.4, 0.5) is 0 Å². The molecule has 6 heteroatoms. The Hall–Kier alpha value is -0.770. The molecule has 1 aromatic carbocycles. The van der Waals surface area contributed by atoms with Gasteiger partial charge in [0.1, 0.15) is 5.82 Å². The van der Waals surface area contributed by atoms with E-state index < -0.39 is 0 Å². The average molecular weight is 291 g/mol. The van der Waals surface area contributed by atoms with Crippen LogP contribution in [-0.4, -0.2) is 14.8 Å². The van der Waals surface area contributed by atoms with Crippen molar-refractivity contribution in [1.29, 1.82) is 0 Å². The molecule has 1 heterocycles. The predicted molar refractivity (Wildman–Crippen MR) is 70.4 cm³/mol. The van der Waals surface area contributed by atoms with Crippen LogP contribution in [0.2, 0.25) is 15.3 Å². The fraction of sp³-hybridized carbons (Fsp3) is 0.273. The van der Waals surface area contributed by atoms with Crippen molar-refractivity contribution in [3.8, 4) is 5.69 Å². The van der Waals surface area contributed by atoms with Gasteiger partial charge in [0.2, 0.25) is 5.28 Å². The van der Waals surface area contributed by atoms with Crippen LogP contribution in [0.5, 0.6) is 0 Å². The average Bonchev–Trinajstić information content (AvgIpc) is 2.64. The summed E-state index contributed by atoms with van der Waals surface area (Å²) in [5, 5.41) is 9.34. The molecule has 0 unspecified atom stereocenters. The van der Waals surface area contributed by atoms with Gasteiger partial charge in [-0.1, -0.05) is 30.1 Å². The minimum atomic E-state index is 0.289. The molecular formula is C11H10Cl3N3. The van der Waals surface area contributed by atoms with Crippen molar-refractivity contribution < 1.29 is 0 Å². The van der Waals surface area contributed by atoms with Crippen molar-refractivity contribution in [2.24, 2.45) is 0 Å². The number of benzene rings is 1. The molecule has 0 bridgehead atoms. The van der Waals surface area contributed by atoms with Crippen LogP contribution in [-0.2, 0) is 6.42 Å². The highest BCUT2D eigenvalue weighted by atomic mass is 35.5. The molecule has 0 N–H and O–H groups in total. The van der Waals surface area contributed by atoms with Gasteiger partial charge in [-0.15, -0.1) is 10.2 Å². The normalized spacial score (nSPS) is 10.8. The zero-order chi connectivity index (χ0) is 12.4. The van der Waals surface area contributed by atoms with Crippen LogP contribution in [0.1, 0.15) is 19.2 Å². The SMILES string of the molecule is CCCc1nnc(Cl)n1-c1cc(Cl)ccc1Cl. The molecule has 3 nitrogen and oxygen atoms in total. The van der Waals surface area contributed by atoms with Crippen molar-refractivity contribution in [1.82, 2.24) is 14.8 Å². The number of aromatic nitrogens is 3. The monoisotopic (exact) mass is 289 g/mol. The summed E-state index contributed by atoms with van der Waals surface area (Å²) in [7, 11) is 0. The maximum atomic E-state index is 6.14. The Morgan fingerprint density at radius 1 is 1.18 bits per heavy atom. The van der Waals surface area contributed by atoms with Crippen molar-refractivity contribution in [2.75, 3.05) is 0 Å². The van der Waals surface area contributed by atoms with Gasteiger partial charge in [-0.2, -0.15) is 0 Å². The largest absolute Gasteiger partial charge is 0.268 e. The highest BCUT2D eigenvalue weighted by molar-refractivity contribution is 6.35. The molecule has 0 aliphatic rings. The fourth-order valence-electron chi connectivity index (χ4n) is 1.58. The number of aryl methyl sites for hydroxylation is 1. The van der Waals surface area contributed by atoms with Crippen molar-refractivity contribution in [3.63, 3.8) is 0 Å². The molecule has 0 amide bonds. The predicted octanol–water partition coefficient (Wildman–Crippen LogP) is 4.18. The molecule has 17 heavy (non-hydrogen) atoms. The topological polar surface area (TPSA) is 30.7 Å². The van der Waals surface area contributed by atoms with E-state index >= 15 is 0 Å². The molecule has 0 atom stereocenters.